The number of pyridine rings is 2. The van der Waals surface area contributed by atoms with Crippen LogP contribution in [-0.4, -0.2) is 58.1 Å². The van der Waals surface area contributed by atoms with Crippen molar-refractivity contribution in [3.05, 3.63) is 98.1 Å². The van der Waals surface area contributed by atoms with E-state index in [4.69, 9.17) is 14.2 Å². The van der Waals surface area contributed by atoms with Gasteiger partial charge in [-0.25, -0.2) is 0 Å². The highest BCUT2D eigenvalue weighted by Gasteiger charge is 2.23. The molecule has 0 atom stereocenters. The molecule has 0 amide bonds. The van der Waals surface area contributed by atoms with Gasteiger partial charge in [0.05, 0.1) is 50.3 Å². The number of aromatic amines is 1. The summed E-state index contributed by atoms with van der Waals surface area (Å²) in [6, 6.07) is 19.6. The quantitative estimate of drug-likeness (QED) is 0.287. The van der Waals surface area contributed by atoms with E-state index in [1.807, 2.05) is 72.3 Å². The number of ether oxygens (including phenoxy) is 3. The zero-order valence-corrected chi connectivity index (χ0v) is 26.6. The first-order chi connectivity index (χ1) is 21.8. The molecule has 9 heteroatoms. The Balaban J connectivity index is 0.000000172. The fourth-order valence-electron chi connectivity index (χ4n) is 6.64. The lowest BCUT2D eigenvalue weighted by atomic mass is 9.99. The van der Waals surface area contributed by atoms with Crippen LogP contribution < -0.4 is 35.1 Å². The second-order valence-corrected chi connectivity index (χ2v) is 11.7. The van der Waals surface area contributed by atoms with Crippen LogP contribution in [0, 0.1) is 0 Å². The van der Waals surface area contributed by atoms with Crippen LogP contribution in [0.1, 0.15) is 29.5 Å². The summed E-state index contributed by atoms with van der Waals surface area (Å²) in [5.41, 5.74) is 6.91. The van der Waals surface area contributed by atoms with Crippen molar-refractivity contribution in [2.75, 3.05) is 58.3 Å². The normalized spacial score (nSPS) is 14.0. The number of nitrogens with one attached hydrogen (secondary N) is 1. The summed E-state index contributed by atoms with van der Waals surface area (Å²) in [5.74, 6) is 2.43. The van der Waals surface area contributed by atoms with Gasteiger partial charge in [0, 0.05) is 49.1 Å². The predicted molar refractivity (Wildman–Crippen MR) is 181 cm³/mol. The summed E-state index contributed by atoms with van der Waals surface area (Å²) in [6.07, 6.45) is 3.69. The van der Waals surface area contributed by atoms with Crippen molar-refractivity contribution in [3.8, 4) is 17.2 Å². The van der Waals surface area contributed by atoms with Gasteiger partial charge in [-0.3, -0.25) is 9.59 Å². The molecule has 0 fully saturated rings. The Kier molecular flexibility index (Phi) is 8.43. The first-order valence-electron chi connectivity index (χ1n) is 15.3. The molecule has 9 nitrogen and oxygen atoms in total. The summed E-state index contributed by atoms with van der Waals surface area (Å²) in [4.78, 5) is 32.7. The molecule has 1 N–H and O–H groups in total. The molecule has 4 heterocycles. The highest BCUT2D eigenvalue weighted by Crippen LogP contribution is 2.35. The number of fused-ring (bicyclic) bond motifs is 6. The van der Waals surface area contributed by atoms with E-state index in [0.717, 1.165) is 106 Å². The molecule has 0 spiro atoms. The zero-order chi connectivity index (χ0) is 31.7. The summed E-state index contributed by atoms with van der Waals surface area (Å²) in [7, 11) is 9.08. The van der Waals surface area contributed by atoms with Crippen LogP contribution in [0.2, 0.25) is 0 Å². The van der Waals surface area contributed by atoms with Crippen molar-refractivity contribution in [2.45, 2.75) is 32.2 Å². The molecule has 2 aromatic heterocycles. The monoisotopic (exact) mass is 608 g/mol. The minimum absolute atomic E-state index is 0.0363. The van der Waals surface area contributed by atoms with Gasteiger partial charge >= 0.3 is 0 Å². The summed E-state index contributed by atoms with van der Waals surface area (Å²) in [5, 5.41) is 2.13. The molecule has 2 aliphatic heterocycles. The summed E-state index contributed by atoms with van der Waals surface area (Å²) in [6.45, 7) is 2.48. The first kappa shape index (κ1) is 30.1. The fourth-order valence-corrected chi connectivity index (χ4v) is 6.64. The molecule has 0 saturated heterocycles. The van der Waals surface area contributed by atoms with Gasteiger partial charge < -0.3 is 33.6 Å². The SMILES string of the molecule is COc1ccc(Cn2c(=O)c3c(c4cc(OC)ccc42)N(C)CCC3)cc1.COc1ccc2[nH]c(=O)c3c(c2c1)N(C)CCC3. The average Bonchev–Trinajstić information content (AvgIpc) is 3.07. The molecule has 7 rings (SSSR count). The number of aromatic nitrogens is 2. The van der Waals surface area contributed by atoms with Gasteiger partial charge in [0.1, 0.15) is 17.2 Å². The average molecular weight is 609 g/mol. The van der Waals surface area contributed by atoms with E-state index in [2.05, 4.69) is 21.8 Å². The van der Waals surface area contributed by atoms with Crippen molar-refractivity contribution in [3.63, 3.8) is 0 Å². The maximum absolute atomic E-state index is 13.3. The van der Waals surface area contributed by atoms with Gasteiger partial charge in [-0.05, 0) is 79.8 Å². The molecule has 0 unspecified atom stereocenters. The second kappa shape index (κ2) is 12.6. The first-order valence-corrected chi connectivity index (χ1v) is 15.3. The zero-order valence-electron chi connectivity index (χ0n) is 26.6. The van der Waals surface area contributed by atoms with E-state index in [9.17, 15) is 9.59 Å². The number of hydrogen-bond donors (Lipinski definition) is 1. The van der Waals surface area contributed by atoms with Gasteiger partial charge in [0.2, 0.25) is 0 Å². The van der Waals surface area contributed by atoms with Crippen LogP contribution in [0.4, 0.5) is 11.4 Å². The molecule has 0 saturated carbocycles. The van der Waals surface area contributed by atoms with Crippen LogP contribution in [-0.2, 0) is 19.4 Å². The number of methoxy groups -OCH3 is 3. The van der Waals surface area contributed by atoms with E-state index in [1.165, 1.54) is 0 Å². The molecule has 0 bridgehead atoms. The third-order valence-corrected chi connectivity index (χ3v) is 8.93. The maximum atomic E-state index is 13.3. The Bertz CT molecular complexity index is 1980. The largest absolute Gasteiger partial charge is 0.497 e. The van der Waals surface area contributed by atoms with Crippen molar-refractivity contribution in [2.24, 2.45) is 0 Å². The fraction of sp³-hybridized carbons (Fsp3) is 0.333. The summed E-state index contributed by atoms with van der Waals surface area (Å²) < 4.78 is 17.8. The molecule has 45 heavy (non-hydrogen) atoms. The Morgan fingerprint density at radius 3 is 1.89 bits per heavy atom. The van der Waals surface area contributed by atoms with E-state index < -0.39 is 0 Å². The van der Waals surface area contributed by atoms with Crippen LogP contribution in [0.3, 0.4) is 0 Å². The minimum atomic E-state index is 0.0363. The van der Waals surface area contributed by atoms with Crippen LogP contribution in [0.15, 0.2) is 70.3 Å². The number of H-pyrrole nitrogens is 1. The lowest BCUT2D eigenvalue weighted by molar-refractivity contribution is 0.414. The lowest BCUT2D eigenvalue weighted by Gasteiger charge is -2.30. The molecule has 5 aromatic rings. The number of anilines is 2. The highest BCUT2D eigenvalue weighted by molar-refractivity contribution is 5.95. The van der Waals surface area contributed by atoms with E-state index in [0.29, 0.717) is 6.54 Å². The molecule has 0 aliphatic carbocycles. The predicted octanol–water partition coefficient (Wildman–Crippen LogP) is 5.37. The molecule has 3 aromatic carbocycles. The Morgan fingerprint density at radius 2 is 1.24 bits per heavy atom. The molecular weight excluding hydrogens is 568 g/mol. The van der Waals surface area contributed by atoms with Gasteiger partial charge in [0.15, 0.2) is 0 Å². The van der Waals surface area contributed by atoms with Gasteiger partial charge in [0.25, 0.3) is 11.1 Å². The van der Waals surface area contributed by atoms with Gasteiger partial charge in [-0.1, -0.05) is 12.1 Å². The van der Waals surface area contributed by atoms with Crippen molar-refractivity contribution >= 4 is 33.2 Å². The topological polar surface area (TPSA) is 89.0 Å². The molecule has 2 aliphatic rings. The molecule has 234 valence electrons. The maximum Gasteiger partial charge on any atom is 0.256 e. The highest BCUT2D eigenvalue weighted by atomic mass is 16.5. The van der Waals surface area contributed by atoms with Crippen molar-refractivity contribution < 1.29 is 14.2 Å². The number of nitrogens with zero attached hydrogens (tertiary/aromatic N) is 3. The van der Waals surface area contributed by atoms with Crippen molar-refractivity contribution in [1.29, 1.82) is 0 Å². The third-order valence-electron chi connectivity index (χ3n) is 8.93. The lowest BCUT2D eigenvalue weighted by Crippen LogP contribution is -2.33. The van der Waals surface area contributed by atoms with Crippen LogP contribution in [0.5, 0.6) is 17.2 Å². The van der Waals surface area contributed by atoms with Crippen molar-refractivity contribution in [1.82, 2.24) is 9.55 Å². The number of rotatable bonds is 5. The van der Waals surface area contributed by atoms with Gasteiger partial charge in [-0.15, -0.1) is 0 Å². The second-order valence-electron chi connectivity index (χ2n) is 11.7. The smallest absolute Gasteiger partial charge is 0.256 e. The van der Waals surface area contributed by atoms with E-state index in [-0.39, 0.29) is 11.1 Å². The van der Waals surface area contributed by atoms with E-state index in [1.54, 1.807) is 21.3 Å². The third kappa shape index (κ3) is 5.70. The van der Waals surface area contributed by atoms with Gasteiger partial charge in [-0.2, -0.15) is 0 Å². The Labute approximate surface area is 262 Å². The molecular formula is C36H40N4O5. The Morgan fingerprint density at radius 1 is 0.689 bits per heavy atom. The Hall–Kier alpha value is -4.92. The van der Waals surface area contributed by atoms with Crippen LogP contribution in [0.25, 0.3) is 21.8 Å². The van der Waals surface area contributed by atoms with E-state index >= 15 is 0 Å². The molecule has 0 radical (unpaired) electrons. The number of hydrogen-bond acceptors (Lipinski definition) is 7. The van der Waals surface area contributed by atoms with Crippen LogP contribution >= 0.6 is 0 Å². The standard InChI is InChI=1S/C22H24N2O3.C14H16N2O2/c1-23-12-4-5-18-21(23)19-13-17(27-3)10-11-20(19)24(22(18)25)14-15-6-8-16(26-2)9-7-15;1-16-7-3-4-10-13(16)11-8-9(18-2)5-6-12(11)15-14(10)17/h6-11,13H,4-5,12,14H2,1-3H3;5-6,8H,3-4,7H2,1-2H3,(H,15,17). The number of benzene rings is 3. The minimum Gasteiger partial charge on any atom is -0.497 e. The summed E-state index contributed by atoms with van der Waals surface area (Å²) >= 11 is 0.